The number of Topliss-reactive ketones (excluding diaryl/α,β-unsaturated/α-hetero) is 1. The molecule has 19 heavy (non-hydrogen) atoms. The fraction of sp³-hybridized carbons (Fsp3) is 0.600. The molecule has 1 aromatic heterocycles. The molecule has 1 aliphatic heterocycles. The maximum atomic E-state index is 11.9. The van der Waals surface area contributed by atoms with E-state index in [9.17, 15) is 9.90 Å². The number of hydrogen-bond acceptors (Lipinski definition) is 7. The van der Waals surface area contributed by atoms with E-state index < -0.39 is 5.95 Å². The molecule has 0 saturated carbocycles. The molecule has 0 spiro atoms. The summed E-state index contributed by atoms with van der Waals surface area (Å²) < 4.78 is 11.4. The van der Waals surface area contributed by atoms with Crippen LogP contribution in [0.2, 0.25) is 0 Å². The molecule has 0 radical (unpaired) electrons. The summed E-state index contributed by atoms with van der Waals surface area (Å²) in [4.78, 5) is 13.9. The van der Waals surface area contributed by atoms with Crippen molar-refractivity contribution < 1.29 is 23.8 Å². The average Bonchev–Trinajstić information content (AvgIpc) is 2.76. The molecule has 9 heteroatoms. The third kappa shape index (κ3) is 3.43. The summed E-state index contributed by atoms with van der Waals surface area (Å²) in [5.74, 6) is -0.958. The van der Waals surface area contributed by atoms with Crippen LogP contribution < -0.4 is 9.79 Å². The highest BCUT2D eigenvalue weighted by Gasteiger charge is 2.24. The lowest BCUT2D eigenvalue weighted by Crippen LogP contribution is -2.39. The second kappa shape index (κ2) is 6.31. The van der Waals surface area contributed by atoms with Gasteiger partial charge in [0.05, 0.1) is 24.2 Å². The third-order valence-corrected chi connectivity index (χ3v) is 4.15. The van der Waals surface area contributed by atoms with Gasteiger partial charge in [0.1, 0.15) is 4.32 Å². The molecular formula is C10H13N3O4S2. The number of morpholine rings is 1. The maximum absolute atomic E-state index is 11.9. The van der Waals surface area contributed by atoms with Gasteiger partial charge in [-0.1, -0.05) is 28.7 Å². The number of nitrogens with zero attached hydrogens (tertiary/aromatic N) is 3. The Hall–Kier alpha value is -1.19. The number of aryl methyl sites for hydroxylation is 1. The van der Waals surface area contributed by atoms with Crippen molar-refractivity contribution in [1.29, 1.82) is 0 Å². The van der Waals surface area contributed by atoms with Gasteiger partial charge in [-0.05, 0) is 0 Å². The first-order valence-corrected chi connectivity index (χ1v) is 7.04. The SMILES string of the molecule is C[n+]1noc([O-])c1C(=O)CSC(=S)N1CCOCC1. The quantitative estimate of drug-likeness (QED) is 0.404. The number of thioether (sulfide) groups is 1. The van der Waals surface area contributed by atoms with Crippen LogP contribution in [0.1, 0.15) is 10.5 Å². The Kier molecular flexibility index (Phi) is 4.72. The molecule has 0 aromatic carbocycles. The van der Waals surface area contributed by atoms with E-state index in [2.05, 4.69) is 9.79 Å². The van der Waals surface area contributed by atoms with Gasteiger partial charge < -0.3 is 19.3 Å². The third-order valence-electron chi connectivity index (χ3n) is 2.62. The highest BCUT2D eigenvalue weighted by molar-refractivity contribution is 8.23. The fourth-order valence-corrected chi connectivity index (χ4v) is 2.76. The Labute approximate surface area is 119 Å². The number of rotatable bonds is 3. The zero-order valence-electron chi connectivity index (χ0n) is 10.3. The molecule has 0 unspecified atom stereocenters. The minimum atomic E-state index is -0.717. The number of hydrogen-bond donors (Lipinski definition) is 0. The average molecular weight is 303 g/mol. The zero-order chi connectivity index (χ0) is 13.8. The number of aromatic nitrogens is 2. The van der Waals surface area contributed by atoms with Crippen LogP contribution >= 0.6 is 24.0 Å². The summed E-state index contributed by atoms with van der Waals surface area (Å²) >= 11 is 6.48. The number of ketones is 1. The Morgan fingerprint density at radius 3 is 2.84 bits per heavy atom. The first-order valence-electron chi connectivity index (χ1n) is 5.65. The van der Waals surface area contributed by atoms with Gasteiger partial charge >= 0.3 is 0 Å². The molecule has 2 heterocycles. The van der Waals surface area contributed by atoms with Crippen molar-refractivity contribution in [3.05, 3.63) is 5.69 Å². The first-order chi connectivity index (χ1) is 9.09. The van der Waals surface area contributed by atoms with Crippen molar-refractivity contribution in [2.45, 2.75) is 0 Å². The molecule has 1 saturated heterocycles. The first kappa shape index (κ1) is 14.2. The molecular weight excluding hydrogens is 290 g/mol. The van der Waals surface area contributed by atoms with E-state index in [-0.39, 0.29) is 17.2 Å². The molecule has 0 bridgehead atoms. The van der Waals surface area contributed by atoms with E-state index in [0.717, 1.165) is 17.8 Å². The van der Waals surface area contributed by atoms with E-state index in [4.69, 9.17) is 17.0 Å². The van der Waals surface area contributed by atoms with Gasteiger partial charge in [-0.25, -0.2) is 0 Å². The number of ether oxygens (including phenoxy) is 1. The molecule has 0 aliphatic carbocycles. The van der Waals surface area contributed by atoms with E-state index in [1.807, 2.05) is 4.90 Å². The Morgan fingerprint density at radius 2 is 2.26 bits per heavy atom. The van der Waals surface area contributed by atoms with Gasteiger partial charge in [0.2, 0.25) is 5.78 Å². The molecule has 0 atom stereocenters. The van der Waals surface area contributed by atoms with E-state index >= 15 is 0 Å². The van der Waals surface area contributed by atoms with Crippen LogP contribution in [0.25, 0.3) is 0 Å². The summed E-state index contributed by atoms with van der Waals surface area (Å²) in [6.07, 6.45) is 0. The predicted molar refractivity (Wildman–Crippen MR) is 68.9 cm³/mol. The molecule has 0 N–H and O–H groups in total. The van der Waals surface area contributed by atoms with Crippen molar-refractivity contribution in [2.75, 3.05) is 32.1 Å². The van der Waals surface area contributed by atoms with E-state index in [1.54, 1.807) is 0 Å². The topological polar surface area (TPSA) is 82.5 Å². The van der Waals surface area contributed by atoms with E-state index in [1.165, 1.54) is 18.8 Å². The van der Waals surface area contributed by atoms with Crippen LogP contribution in [0, 0.1) is 0 Å². The predicted octanol–water partition coefficient (Wildman–Crippen LogP) is -0.894. The van der Waals surface area contributed by atoms with Crippen molar-refractivity contribution in [3.63, 3.8) is 0 Å². The maximum Gasteiger partial charge on any atom is 0.300 e. The van der Waals surface area contributed by atoms with Gasteiger partial charge in [-0.3, -0.25) is 4.79 Å². The molecule has 104 valence electrons. The Bertz CT molecular complexity index is 466. The lowest BCUT2D eigenvalue weighted by atomic mass is 10.3. The summed E-state index contributed by atoms with van der Waals surface area (Å²) in [6, 6.07) is 0. The van der Waals surface area contributed by atoms with Crippen molar-refractivity contribution >= 4 is 34.1 Å². The second-order valence-corrected chi connectivity index (χ2v) is 5.52. The molecule has 1 aliphatic rings. The molecule has 0 amide bonds. The summed E-state index contributed by atoms with van der Waals surface area (Å²) in [5, 5.41) is 14.7. The Balaban J connectivity index is 1.88. The van der Waals surface area contributed by atoms with Gasteiger partial charge in [0, 0.05) is 13.1 Å². The zero-order valence-corrected chi connectivity index (χ0v) is 12.0. The number of carbonyl (C=O) groups is 1. The van der Waals surface area contributed by atoms with Crippen LogP contribution in [-0.2, 0) is 11.8 Å². The van der Waals surface area contributed by atoms with Crippen LogP contribution in [-0.4, -0.2) is 52.3 Å². The van der Waals surface area contributed by atoms with Crippen molar-refractivity contribution in [1.82, 2.24) is 10.2 Å². The highest BCUT2D eigenvalue weighted by Crippen LogP contribution is 2.15. The molecule has 7 nitrogen and oxygen atoms in total. The smallest absolute Gasteiger partial charge is 0.300 e. The van der Waals surface area contributed by atoms with Crippen LogP contribution in [0.4, 0.5) is 0 Å². The lowest BCUT2D eigenvalue weighted by Gasteiger charge is -2.28. The lowest BCUT2D eigenvalue weighted by molar-refractivity contribution is -0.741. The largest absolute Gasteiger partial charge is 0.539 e. The van der Waals surface area contributed by atoms with Gasteiger partial charge in [0.15, 0.2) is 13.0 Å². The van der Waals surface area contributed by atoms with Gasteiger partial charge in [-0.2, -0.15) is 0 Å². The number of thiocarbonyl (C=S) groups is 1. The minimum absolute atomic E-state index is 0.0581. The number of carbonyl (C=O) groups excluding carboxylic acids is 1. The van der Waals surface area contributed by atoms with E-state index in [0.29, 0.717) is 17.5 Å². The standard InChI is InChI=1S/C10H13N3O4S2/c1-12-8(9(15)17-11-12)7(14)6-19-10(18)13-2-4-16-5-3-13/h2-6H2,1H3. The monoisotopic (exact) mass is 303 g/mol. The van der Waals surface area contributed by atoms with Crippen molar-refractivity contribution in [2.24, 2.45) is 7.05 Å². The van der Waals surface area contributed by atoms with Crippen LogP contribution in [0.15, 0.2) is 4.52 Å². The van der Waals surface area contributed by atoms with Crippen LogP contribution in [0.5, 0.6) is 5.95 Å². The molecule has 1 aromatic rings. The second-order valence-electron chi connectivity index (χ2n) is 3.91. The minimum Gasteiger partial charge on any atom is -0.539 e. The van der Waals surface area contributed by atoms with Gasteiger partial charge in [-0.15, -0.1) is 0 Å². The summed E-state index contributed by atoms with van der Waals surface area (Å²) in [7, 11) is 1.49. The summed E-state index contributed by atoms with van der Waals surface area (Å²) in [6.45, 7) is 2.74. The van der Waals surface area contributed by atoms with Crippen LogP contribution in [0.3, 0.4) is 0 Å². The summed E-state index contributed by atoms with van der Waals surface area (Å²) in [5.41, 5.74) is -0.0581. The Morgan fingerprint density at radius 1 is 1.58 bits per heavy atom. The molecule has 1 fully saturated rings. The molecule has 2 rings (SSSR count). The fourth-order valence-electron chi connectivity index (χ4n) is 1.64. The highest BCUT2D eigenvalue weighted by atomic mass is 32.2. The van der Waals surface area contributed by atoms with Gasteiger partial charge in [0.25, 0.3) is 5.69 Å². The normalized spacial score (nSPS) is 15.5. The van der Waals surface area contributed by atoms with Crippen molar-refractivity contribution in [3.8, 4) is 5.95 Å².